The van der Waals surface area contributed by atoms with Crippen LogP contribution in [0, 0.1) is 11.8 Å². The van der Waals surface area contributed by atoms with E-state index in [2.05, 4.69) is 26.9 Å². The molecule has 0 aliphatic heterocycles. The molecule has 3 rings (SSSR count). The van der Waals surface area contributed by atoms with Crippen molar-refractivity contribution in [2.24, 2.45) is 17.6 Å². The fourth-order valence-electron chi connectivity index (χ4n) is 2.84. The number of benzene rings is 1. The Labute approximate surface area is 134 Å². The Morgan fingerprint density at radius 3 is 2.30 bits per heavy atom. The van der Waals surface area contributed by atoms with Gasteiger partial charge in [-0.1, -0.05) is 27.5 Å². The average Bonchev–Trinajstić information content (AvgIpc) is 3.30. The molecule has 0 heterocycles. The molecule has 2 fully saturated rings. The summed E-state index contributed by atoms with van der Waals surface area (Å²) in [4.78, 5) is 2.59. The number of hydrogen-bond donors (Lipinski definition) is 1. The quantitative estimate of drug-likeness (QED) is 0.791. The third-order valence-electron chi connectivity index (χ3n) is 4.36. The number of halogens is 2. The fourth-order valence-corrected chi connectivity index (χ4v) is 3.46. The Kier molecular flexibility index (Phi) is 4.71. The molecule has 1 unspecified atom stereocenters. The van der Waals surface area contributed by atoms with E-state index in [-0.39, 0.29) is 6.04 Å². The van der Waals surface area contributed by atoms with Crippen LogP contribution in [-0.2, 0) is 0 Å². The molecule has 0 aromatic heterocycles. The minimum absolute atomic E-state index is 0.251. The zero-order valence-corrected chi connectivity index (χ0v) is 14.0. The van der Waals surface area contributed by atoms with Crippen molar-refractivity contribution in [3.8, 4) is 0 Å². The molecule has 2 N–H and O–H groups in total. The Hall–Kier alpha value is -0.0900. The van der Waals surface area contributed by atoms with Crippen LogP contribution >= 0.6 is 27.5 Å². The van der Waals surface area contributed by atoms with Gasteiger partial charge in [-0.25, -0.2) is 0 Å². The standard InChI is InChI=1S/C16H22BrClN2/c17-13-5-6-15(18)14(7-13)16(8-19)20(9-11-1-2-11)10-12-3-4-12/h5-7,11-12,16H,1-4,8-10,19H2. The van der Waals surface area contributed by atoms with Crippen LogP contribution < -0.4 is 5.73 Å². The molecule has 4 heteroatoms. The third-order valence-corrected chi connectivity index (χ3v) is 5.20. The van der Waals surface area contributed by atoms with Crippen LogP contribution in [0.4, 0.5) is 0 Å². The first-order valence-electron chi connectivity index (χ1n) is 7.56. The normalized spacial score (nSPS) is 20.4. The monoisotopic (exact) mass is 356 g/mol. The van der Waals surface area contributed by atoms with E-state index in [4.69, 9.17) is 17.3 Å². The van der Waals surface area contributed by atoms with E-state index < -0.39 is 0 Å². The summed E-state index contributed by atoms with van der Waals surface area (Å²) >= 11 is 9.97. The van der Waals surface area contributed by atoms with Gasteiger partial charge in [-0.15, -0.1) is 0 Å². The largest absolute Gasteiger partial charge is 0.329 e. The minimum Gasteiger partial charge on any atom is -0.329 e. The average molecular weight is 358 g/mol. The molecule has 2 saturated carbocycles. The van der Waals surface area contributed by atoms with Gasteiger partial charge in [0.05, 0.1) is 0 Å². The molecule has 2 aliphatic carbocycles. The molecule has 1 aromatic rings. The molecule has 0 saturated heterocycles. The summed E-state index contributed by atoms with van der Waals surface area (Å²) in [6.07, 6.45) is 5.52. The molecule has 1 aromatic carbocycles. The van der Waals surface area contributed by atoms with E-state index in [1.807, 2.05) is 12.1 Å². The highest BCUT2D eigenvalue weighted by atomic mass is 79.9. The van der Waals surface area contributed by atoms with Gasteiger partial charge in [0.25, 0.3) is 0 Å². The summed E-state index contributed by atoms with van der Waals surface area (Å²) in [6.45, 7) is 3.00. The van der Waals surface area contributed by atoms with Gasteiger partial charge in [-0.05, 0) is 61.3 Å². The van der Waals surface area contributed by atoms with E-state index in [1.165, 1.54) is 44.3 Å². The van der Waals surface area contributed by atoms with Crippen LogP contribution in [0.3, 0.4) is 0 Å². The van der Waals surface area contributed by atoms with Crippen molar-refractivity contribution in [3.63, 3.8) is 0 Å². The molecule has 0 spiro atoms. The summed E-state index contributed by atoms with van der Waals surface area (Å²) in [5, 5.41) is 0.834. The second-order valence-corrected chi connectivity index (χ2v) is 7.58. The molecule has 1 atom stereocenters. The van der Waals surface area contributed by atoms with Gasteiger partial charge < -0.3 is 5.73 Å². The van der Waals surface area contributed by atoms with Gasteiger partial charge >= 0.3 is 0 Å². The molecule has 0 bridgehead atoms. The minimum atomic E-state index is 0.251. The highest BCUT2D eigenvalue weighted by Crippen LogP contribution is 2.38. The Bertz CT molecular complexity index is 458. The van der Waals surface area contributed by atoms with E-state index in [0.29, 0.717) is 6.54 Å². The van der Waals surface area contributed by atoms with Gasteiger partial charge in [-0.2, -0.15) is 0 Å². The van der Waals surface area contributed by atoms with E-state index in [0.717, 1.165) is 21.3 Å². The van der Waals surface area contributed by atoms with Crippen molar-refractivity contribution >= 4 is 27.5 Å². The van der Waals surface area contributed by atoms with Gasteiger partial charge in [0.2, 0.25) is 0 Å². The number of rotatable bonds is 7. The molecule has 2 aliphatic rings. The predicted molar refractivity (Wildman–Crippen MR) is 88.0 cm³/mol. The smallest absolute Gasteiger partial charge is 0.0485 e. The topological polar surface area (TPSA) is 29.3 Å². The molecular weight excluding hydrogens is 336 g/mol. The second kappa shape index (κ2) is 6.35. The molecule has 0 amide bonds. The molecular formula is C16H22BrClN2. The van der Waals surface area contributed by atoms with Crippen LogP contribution in [-0.4, -0.2) is 24.5 Å². The van der Waals surface area contributed by atoms with Crippen molar-refractivity contribution in [1.82, 2.24) is 4.90 Å². The lowest BCUT2D eigenvalue weighted by atomic mass is 10.0. The predicted octanol–water partition coefficient (Wildman–Crippen LogP) is 4.22. The lowest BCUT2D eigenvalue weighted by Gasteiger charge is -2.32. The lowest BCUT2D eigenvalue weighted by molar-refractivity contribution is 0.185. The first-order chi connectivity index (χ1) is 9.67. The zero-order chi connectivity index (χ0) is 14.1. The summed E-state index contributed by atoms with van der Waals surface area (Å²) < 4.78 is 1.08. The molecule has 110 valence electrons. The number of hydrogen-bond acceptors (Lipinski definition) is 2. The van der Waals surface area contributed by atoms with Gasteiger partial charge in [0, 0.05) is 35.2 Å². The van der Waals surface area contributed by atoms with Crippen molar-refractivity contribution < 1.29 is 0 Å². The maximum atomic E-state index is 6.42. The number of nitrogens with zero attached hydrogens (tertiary/aromatic N) is 1. The van der Waals surface area contributed by atoms with Crippen molar-refractivity contribution in [2.75, 3.05) is 19.6 Å². The first-order valence-corrected chi connectivity index (χ1v) is 8.73. The van der Waals surface area contributed by atoms with Crippen LogP contribution in [0.15, 0.2) is 22.7 Å². The first kappa shape index (κ1) is 14.8. The van der Waals surface area contributed by atoms with E-state index in [1.54, 1.807) is 0 Å². The van der Waals surface area contributed by atoms with E-state index >= 15 is 0 Å². The van der Waals surface area contributed by atoms with E-state index in [9.17, 15) is 0 Å². The van der Waals surface area contributed by atoms with Gasteiger partial charge in [0.15, 0.2) is 0 Å². The van der Waals surface area contributed by atoms with Gasteiger partial charge in [-0.3, -0.25) is 4.90 Å². The Morgan fingerprint density at radius 2 is 1.80 bits per heavy atom. The highest BCUT2D eigenvalue weighted by molar-refractivity contribution is 9.10. The highest BCUT2D eigenvalue weighted by Gasteiger charge is 2.33. The second-order valence-electron chi connectivity index (χ2n) is 6.26. The molecule has 2 nitrogen and oxygen atoms in total. The maximum absolute atomic E-state index is 6.42. The maximum Gasteiger partial charge on any atom is 0.0485 e. The summed E-state index contributed by atoms with van der Waals surface area (Å²) in [7, 11) is 0. The van der Waals surface area contributed by atoms with Crippen LogP contribution in [0.1, 0.15) is 37.3 Å². The summed E-state index contributed by atoms with van der Waals surface area (Å²) in [5.74, 6) is 1.77. The third kappa shape index (κ3) is 3.76. The fraction of sp³-hybridized carbons (Fsp3) is 0.625. The van der Waals surface area contributed by atoms with Gasteiger partial charge in [0.1, 0.15) is 0 Å². The Morgan fingerprint density at radius 1 is 1.20 bits per heavy atom. The molecule has 0 radical (unpaired) electrons. The van der Waals surface area contributed by atoms with Crippen molar-refractivity contribution in [1.29, 1.82) is 0 Å². The lowest BCUT2D eigenvalue weighted by Crippen LogP contribution is -2.37. The zero-order valence-electron chi connectivity index (χ0n) is 11.7. The SMILES string of the molecule is NCC(c1cc(Br)ccc1Cl)N(CC1CC1)CC1CC1. The summed E-state index contributed by atoms with van der Waals surface area (Å²) in [5.41, 5.74) is 7.27. The number of nitrogens with two attached hydrogens (primary N) is 1. The Balaban J connectivity index is 1.81. The van der Waals surface area contributed by atoms with Crippen molar-refractivity contribution in [3.05, 3.63) is 33.3 Å². The van der Waals surface area contributed by atoms with Crippen LogP contribution in [0.5, 0.6) is 0 Å². The van der Waals surface area contributed by atoms with Crippen molar-refractivity contribution in [2.45, 2.75) is 31.7 Å². The molecule has 20 heavy (non-hydrogen) atoms. The van der Waals surface area contributed by atoms with Crippen LogP contribution in [0.2, 0.25) is 5.02 Å². The van der Waals surface area contributed by atoms with Crippen LogP contribution in [0.25, 0.3) is 0 Å². The summed E-state index contributed by atoms with van der Waals surface area (Å²) in [6, 6.07) is 6.34.